The number of benzene rings is 2. The highest BCUT2D eigenvalue weighted by molar-refractivity contribution is 6.04. The molecule has 0 radical (unpaired) electrons. The third-order valence-corrected chi connectivity index (χ3v) is 7.28. The van der Waals surface area contributed by atoms with Gasteiger partial charge in [0, 0.05) is 31.2 Å². The molecule has 1 saturated heterocycles. The van der Waals surface area contributed by atoms with Gasteiger partial charge in [-0.05, 0) is 74.6 Å². The Balaban J connectivity index is 1.44. The van der Waals surface area contributed by atoms with Crippen molar-refractivity contribution in [2.45, 2.75) is 45.2 Å². The maximum atomic E-state index is 13.4. The third-order valence-electron chi connectivity index (χ3n) is 7.28. The summed E-state index contributed by atoms with van der Waals surface area (Å²) in [5.74, 6) is -0.498. The molecule has 2 fully saturated rings. The zero-order valence-corrected chi connectivity index (χ0v) is 21.1. The average Bonchev–Trinajstić information content (AvgIpc) is 3.27. The second-order valence-corrected chi connectivity index (χ2v) is 9.74. The summed E-state index contributed by atoms with van der Waals surface area (Å²) in [5, 5.41) is 2.96. The Labute approximate surface area is 215 Å². The topological polar surface area (TPSA) is 85.7 Å². The number of halogens is 1. The number of morpholine rings is 1. The molecular weight excluding hydrogens is 475 g/mol. The number of nitrogens with one attached hydrogen (secondary N) is 1. The van der Waals surface area contributed by atoms with Crippen molar-refractivity contribution in [1.29, 1.82) is 0 Å². The minimum absolute atomic E-state index is 0.0813. The third kappa shape index (κ3) is 5.83. The summed E-state index contributed by atoms with van der Waals surface area (Å²) in [4.78, 5) is 32.4. The summed E-state index contributed by atoms with van der Waals surface area (Å²) >= 11 is 0. The molecule has 0 unspecified atom stereocenters. The molecule has 196 valence electrons. The monoisotopic (exact) mass is 508 g/mol. The number of ether oxygens (including phenoxy) is 2. The van der Waals surface area contributed by atoms with Crippen LogP contribution >= 0.6 is 0 Å². The van der Waals surface area contributed by atoms with Crippen LogP contribution < -0.4 is 5.32 Å². The molecule has 0 bridgehead atoms. The number of esters is 1. The highest BCUT2D eigenvalue weighted by atomic mass is 19.1. The van der Waals surface area contributed by atoms with Crippen molar-refractivity contribution in [3.05, 3.63) is 59.4 Å². The van der Waals surface area contributed by atoms with E-state index in [9.17, 15) is 14.0 Å². The molecule has 9 heteroatoms. The number of fused-ring (bicyclic) bond motifs is 1. The predicted molar refractivity (Wildman–Crippen MR) is 138 cm³/mol. The maximum absolute atomic E-state index is 13.4. The van der Waals surface area contributed by atoms with Crippen molar-refractivity contribution in [2.75, 3.05) is 38.2 Å². The number of anilines is 1. The van der Waals surface area contributed by atoms with Crippen LogP contribution in [0.1, 0.15) is 54.6 Å². The summed E-state index contributed by atoms with van der Waals surface area (Å²) in [7, 11) is 0. The standard InChI is InChI=1S/C28H33FN4O4/c1-2-37-27(35)21-6-10-23(11-7-21)33-25-17-19(18-32-13-15-36-16-14-32)3-12-24(25)30-28(33)31-26(34)20-4-8-22(29)9-5-20/h3-5,8-9,12,17,21,23H,2,6-7,10-11,13-16,18H2,1H3,(H,30,31,34). The molecule has 37 heavy (non-hydrogen) atoms. The molecule has 1 N–H and O–H groups in total. The first-order valence-corrected chi connectivity index (χ1v) is 13.1. The van der Waals surface area contributed by atoms with Gasteiger partial charge in [0.05, 0.1) is 36.8 Å². The molecular formula is C28H33FN4O4. The fourth-order valence-corrected chi connectivity index (χ4v) is 5.32. The van der Waals surface area contributed by atoms with Crippen molar-refractivity contribution in [1.82, 2.24) is 14.5 Å². The van der Waals surface area contributed by atoms with Gasteiger partial charge in [0.15, 0.2) is 0 Å². The molecule has 3 aromatic rings. The Bertz CT molecular complexity index is 1250. The van der Waals surface area contributed by atoms with E-state index in [0.717, 1.165) is 69.6 Å². The van der Waals surface area contributed by atoms with Crippen LogP contribution in [0.5, 0.6) is 0 Å². The zero-order chi connectivity index (χ0) is 25.8. The number of rotatable bonds is 7. The lowest BCUT2D eigenvalue weighted by Crippen LogP contribution is -2.35. The number of carbonyl (C=O) groups excluding carboxylic acids is 2. The normalized spacial score (nSPS) is 20.6. The highest BCUT2D eigenvalue weighted by Crippen LogP contribution is 2.37. The molecule has 2 heterocycles. The number of carbonyl (C=O) groups is 2. The first-order valence-electron chi connectivity index (χ1n) is 13.1. The summed E-state index contributed by atoms with van der Waals surface area (Å²) in [6, 6.07) is 11.8. The van der Waals surface area contributed by atoms with E-state index in [2.05, 4.69) is 26.9 Å². The largest absolute Gasteiger partial charge is 0.466 e. The van der Waals surface area contributed by atoms with Crippen molar-refractivity contribution in [2.24, 2.45) is 5.92 Å². The first kappa shape index (κ1) is 25.4. The van der Waals surface area contributed by atoms with Gasteiger partial charge < -0.3 is 14.0 Å². The summed E-state index contributed by atoms with van der Waals surface area (Å²) in [6.07, 6.45) is 3.01. The molecule has 1 saturated carbocycles. The van der Waals surface area contributed by atoms with Gasteiger partial charge >= 0.3 is 5.97 Å². The number of amides is 1. The summed E-state index contributed by atoms with van der Waals surface area (Å²) in [5.41, 5.74) is 3.29. The Morgan fingerprint density at radius 1 is 1.08 bits per heavy atom. The van der Waals surface area contributed by atoms with E-state index in [4.69, 9.17) is 14.5 Å². The van der Waals surface area contributed by atoms with Crippen molar-refractivity contribution >= 4 is 28.9 Å². The quantitative estimate of drug-likeness (QED) is 0.471. The van der Waals surface area contributed by atoms with Crippen LogP contribution in [-0.4, -0.2) is 59.2 Å². The molecule has 2 aliphatic rings. The first-order chi connectivity index (χ1) is 18.0. The van der Waals surface area contributed by atoms with Gasteiger partial charge in [-0.1, -0.05) is 6.07 Å². The number of hydrogen-bond acceptors (Lipinski definition) is 6. The van der Waals surface area contributed by atoms with E-state index in [1.807, 2.05) is 13.0 Å². The van der Waals surface area contributed by atoms with Crippen LogP contribution in [0.4, 0.5) is 10.3 Å². The van der Waals surface area contributed by atoms with Crippen molar-refractivity contribution in [3.8, 4) is 0 Å². The summed E-state index contributed by atoms with van der Waals surface area (Å²) in [6.45, 7) is 6.30. The van der Waals surface area contributed by atoms with Gasteiger partial charge in [-0.3, -0.25) is 19.8 Å². The smallest absolute Gasteiger partial charge is 0.308 e. The second kappa shape index (κ2) is 11.4. The van der Waals surface area contributed by atoms with Gasteiger partial charge in [-0.15, -0.1) is 0 Å². The molecule has 2 aromatic carbocycles. The van der Waals surface area contributed by atoms with E-state index in [1.54, 1.807) is 0 Å². The predicted octanol–water partition coefficient (Wildman–Crippen LogP) is 4.55. The highest BCUT2D eigenvalue weighted by Gasteiger charge is 2.30. The number of aromatic nitrogens is 2. The Morgan fingerprint density at radius 3 is 2.51 bits per heavy atom. The molecule has 1 aromatic heterocycles. The number of hydrogen-bond donors (Lipinski definition) is 1. The Morgan fingerprint density at radius 2 is 1.81 bits per heavy atom. The van der Waals surface area contributed by atoms with Crippen LogP contribution in [0.15, 0.2) is 42.5 Å². The van der Waals surface area contributed by atoms with Gasteiger partial charge in [0.25, 0.3) is 5.91 Å². The van der Waals surface area contributed by atoms with Crippen molar-refractivity contribution < 1.29 is 23.5 Å². The Kier molecular flexibility index (Phi) is 7.81. The molecule has 5 rings (SSSR count). The van der Waals surface area contributed by atoms with Crippen LogP contribution in [0.25, 0.3) is 11.0 Å². The molecule has 0 spiro atoms. The van der Waals surface area contributed by atoms with E-state index in [0.29, 0.717) is 18.1 Å². The molecule has 8 nitrogen and oxygen atoms in total. The van der Waals surface area contributed by atoms with E-state index in [1.165, 1.54) is 29.8 Å². The van der Waals surface area contributed by atoms with Crippen molar-refractivity contribution in [3.63, 3.8) is 0 Å². The lowest BCUT2D eigenvalue weighted by Gasteiger charge is -2.30. The Hall–Kier alpha value is -3.30. The van der Waals surface area contributed by atoms with Crippen LogP contribution in [-0.2, 0) is 20.8 Å². The van der Waals surface area contributed by atoms with Crippen LogP contribution in [0, 0.1) is 11.7 Å². The minimum atomic E-state index is -0.394. The van der Waals surface area contributed by atoms with E-state index < -0.39 is 5.82 Å². The average molecular weight is 509 g/mol. The lowest BCUT2D eigenvalue weighted by atomic mass is 9.86. The van der Waals surface area contributed by atoms with E-state index >= 15 is 0 Å². The molecule has 1 amide bonds. The number of nitrogens with zero attached hydrogens (tertiary/aromatic N) is 3. The second-order valence-electron chi connectivity index (χ2n) is 9.74. The fraction of sp³-hybridized carbons (Fsp3) is 0.464. The SMILES string of the molecule is CCOC(=O)C1CCC(n2c(NC(=O)c3ccc(F)cc3)nc3ccc(CN4CCOCC4)cc32)CC1. The van der Waals surface area contributed by atoms with E-state index in [-0.39, 0.29) is 23.8 Å². The van der Waals surface area contributed by atoms with Crippen LogP contribution in [0.3, 0.4) is 0 Å². The minimum Gasteiger partial charge on any atom is -0.466 e. The molecule has 0 atom stereocenters. The molecule has 1 aliphatic heterocycles. The van der Waals surface area contributed by atoms with Crippen LogP contribution in [0.2, 0.25) is 0 Å². The van der Waals surface area contributed by atoms with Gasteiger partial charge in [-0.2, -0.15) is 0 Å². The zero-order valence-electron chi connectivity index (χ0n) is 21.1. The van der Waals surface area contributed by atoms with Gasteiger partial charge in [0.1, 0.15) is 5.82 Å². The van der Waals surface area contributed by atoms with Gasteiger partial charge in [0.2, 0.25) is 5.95 Å². The lowest BCUT2D eigenvalue weighted by molar-refractivity contribution is -0.149. The molecule has 1 aliphatic carbocycles. The maximum Gasteiger partial charge on any atom is 0.308 e. The van der Waals surface area contributed by atoms with Gasteiger partial charge in [-0.25, -0.2) is 9.37 Å². The summed E-state index contributed by atoms with van der Waals surface area (Å²) < 4.78 is 26.2. The fourth-order valence-electron chi connectivity index (χ4n) is 5.32. The number of imidazole rings is 1.